The van der Waals surface area contributed by atoms with E-state index in [1.807, 2.05) is 0 Å². The van der Waals surface area contributed by atoms with Gasteiger partial charge in [-0.15, -0.1) is 0 Å². The zero-order valence-electron chi connectivity index (χ0n) is 11.2. The van der Waals surface area contributed by atoms with E-state index < -0.39 is 21.8 Å². The summed E-state index contributed by atoms with van der Waals surface area (Å²) in [5, 5.41) is 2.72. The maximum atomic E-state index is 11.5. The molecule has 106 valence electrons. The Hall–Kier alpha value is -0.820. The SMILES string of the molecule is CC(C)(C)OC(=O)N[C@@H]1CC[C@H]1COS(C)(=O)=O. The largest absolute Gasteiger partial charge is 0.444 e. The molecule has 1 N–H and O–H groups in total. The van der Waals surface area contributed by atoms with E-state index in [0.717, 1.165) is 19.1 Å². The third-order valence-corrected chi connectivity index (χ3v) is 3.18. The standard InChI is InChI=1S/C11H21NO5S/c1-11(2,3)17-10(13)12-9-6-5-8(9)7-16-18(4,14)15/h8-9H,5-7H2,1-4H3,(H,12,13)/t8-,9+/m0/s1. The van der Waals surface area contributed by atoms with Crippen LogP contribution in [0.1, 0.15) is 33.6 Å². The maximum Gasteiger partial charge on any atom is 0.407 e. The Balaban J connectivity index is 2.34. The maximum absolute atomic E-state index is 11.5. The summed E-state index contributed by atoms with van der Waals surface area (Å²) in [5.41, 5.74) is -0.535. The normalized spacial score (nSPS) is 24.2. The minimum Gasteiger partial charge on any atom is -0.444 e. The van der Waals surface area contributed by atoms with Gasteiger partial charge in [0.1, 0.15) is 5.60 Å². The van der Waals surface area contributed by atoms with Crippen LogP contribution in [0.3, 0.4) is 0 Å². The number of hydrogen-bond acceptors (Lipinski definition) is 5. The van der Waals surface area contributed by atoms with Crippen LogP contribution < -0.4 is 5.32 Å². The third-order valence-electron chi connectivity index (χ3n) is 2.62. The fourth-order valence-electron chi connectivity index (χ4n) is 1.63. The van der Waals surface area contributed by atoms with Gasteiger partial charge in [-0.3, -0.25) is 4.18 Å². The van der Waals surface area contributed by atoms with Crippen LogP contribution in [0.15, 0.2) is 0 Å². The van der Waals surface area contributed by atoms with E-state index in [4.69, 9.17) is 8.92 Å². The second-order valence-corrected chi connectivity index (χ2v) is 7.22. The van der Waals surface area contributed by atoms with Gasteiger partial charge in [0, 0.05) is 12.0 Å². The van der Waals surface area contributed by atoms with E-state index in [-0.39, 0.29) is 18.6 Å². The van der Waals surface area contributed by atoms with E-state index in [1.54, 1.807) is 20.8 Å². The second-order valence-electron chi connectivity index (χ2n) is 5.58. The van der Waals surface area contributed by atoms with Crippen LogP contribution in [-0.2, 0) is 19.0 Å². The van der Waals surface area contributed by atoms with Gasteiger partial charge < -0.3 is 10.1 Å². The number of nitrogens with one attached hydrogen (secondary N) is 1. The van der Waals surface area contributed by atoms with Crippen molar-refractivity contribution in [1.82, 2.24) is 5.32 Å². The van der Waals surface area contributed by atoms with Gasteiger partial charge in [-0.25, -0.2) is 4.79 Å². The Morgan fingerprint density at radius 1 is 1.33 bits per heavy atom. The van der Waals surface area contributed by atoms with Crippen molar-refractivity contribution in [1.29, 1.82) is 0 Å². The summed E-state index contributed by atoms with van der Waals surface area (Å²) in [4.78, 5) is 11.5. The summed E-state index contributed by atoms with van der Waals surface area (Å²) in [6.07, 6.45) is 2.20. The van der Waals surface area contributed by atoms with E-state index in [9.17, 15) is 13.2 Å². The summed E-state index contributed by atoms with van der Waals surface area (Å²) in [6.45, 7) is 5.48. The van der Waals surface area contributed by atoms with Crippen molar-refractivity contribution in [3.8, 4) is 0 Å². The van der Waals surface area contributed by atoms with Crippen molar-refractivity contribution >= 4 is 16.2 Å². The molecule has 0 aromatic rings. The first-order valence-corrected chi connectivity index (χ1v) is 7.72. The van der Waals surface area contributed by atoms with Gasteiger partial charge >= 0.3 is 6.09 Å². The quantitative estimate of drug-likeness (QED) is 0.784. The molecule has 0 bridgehead atoms. The van der Waals surface area contributed by atoms with E-state index in [1.165, 1.54) is 0 Å². The molecule has 2 atom stereocenters. The molecule has 1 fully saturated rings. The predicted molar refractivity (Wildman–Crippen MR) is 66.7 cm³/mol. The Kier molecular flexibility index (Phi) is 4.61. The van der Waals surface area contributed by atoms with Gasteiger partial charge in [-0.05, 0) is 33.6 Å². The number of alkyl carbamates (subject to hydrolysis) is 1. The zero-order chi connectivity index (χ0) is 14.0. The monoisotopic (exact) mass is 279 g/mol. The lowest BCUT2D eigenvalue weighted by atomic mass is 9.80. The first-order chi connectivity index (χ1) is 8.07. The molecular formula is C11H21NO5S. The van der Waals surface area contributed by atoms with Crippen molar-refractivity contribution in [3.63, 3.8) is 0 Å². The molecule has 1 saturated carbocycles. The zero-order valence-corrected chi connectivity index (χ0v) is 12.0. The van der Waals surface area contributed by atoms with Gasteiger partial charge in [0.25, 0.3) is 10.1 Å². The number of carbonyl (C=O) groups is 1. The number of amides is 1. The molecular weight excluding hydrogens is 258 g/mol. The van der Waals surface area contributed by atoms with Crippen LogP contribution in [0.2, 0.25) is 0 Å². The lowest BCUT2D eigenvalue weighted by Gasteiger charge is -2.36. The van der Waals surface area contributed by atoms with Crippen molar-refractivity contribution in [3.05, 3.63) is 0 Å². The highest BCUT2D eigenvalue weighted by atomic mass is 32.2. The Morgan fingerprint density at radius 3 is 2.33 bits per heavy atom. The molecule has 0 aromatic heterocycles. The van der Waals surface area contributed by atoms with Gasteiger partial charge in [-0.2, -0.15) is 8.42 Å². The molecule has 0 heterocycles. The van der Waals surface area contributed by atoms with Crippen molar-refractivity contribution < 1.29 is 22.1 Å². The summed E-state index contributed by atoms with van der Waals surface area (Å²) in [6, 6.07) is -0.0680. The number of hydrogen-bond donors (Lipinski definition) is 1. The molecule has 18 heavy (non-hydrogen) atoms. The molecule has 1 amide bonds. The van der Waals surface area contributed by atoms with Crippen LogP contribution in [0.25, 0.3) is 0 Å². The van der Waals surface area contributed by atoms with Gasteiger partial charge in [0.15, 0.2) is 0 Å². The summed E-state index contributed by atoms with van der Waals surface area (Å²) in [5.74, 6) is 0.0345. The topological polar surface area (TPSA) is 81.7 Å². The number of rotatable bonds is 4. The molecule has 0 aliphatic heterocycles. The van der Waals surface area contributed by atoms with E-state index >= 15 is 0 Å². The third kappa shape index (κ3) is 5.68. The molecule has 0 spiro atoms. The van der Waals surface area contributed by atoms with E-state index in [0.29, 0.717) is 0 Å². The minimum absolute atomic E-state index is 0.0345. The fraction of sp³-hybridized carbons (Fsp3) is 0.909. The van der Waals surface area contributed by atoms with Crippen LogP contribution in [0, 0.1) is 5.92 Å². The van der Waals surface area contributed by atoms with E-state index in [2.05, 4.69) is 5.32 Å². The average Bonchev–Trinajstić information content (AvgIpc) is 2.07. The number of carbonyl (C=O) groups excluding carboxylic acids is 1. The highest BCUT2D eigenvalue weighted by molar-refractivity contribution is 7.85. The summed E-state index contributed by atoms with van der Waals surface area (Å²) in [7, 11) is -3.42. The second kappa shape index (κ2) is 5.44. The Labute approximate surface area is 108 Å². The molecule has 6 nitrogen and oxygen atoms in total. The van der Waals surface area contributed by atoms with Crippen molar-refractivity contribution in [2.75, 3.05) is 12.9 Å². The van der Waals surface area contributed by atoms with Gasteiger partial charge in [0.05, 0.1) is 12.9 Å². The summed E-state index contributed by atoms with van der Waals surface area (Å²) < 4.78 is 31.6. The van der Waals surface area contributed by atoms with Crippen LogP contribution in [-0.4, -0.2) is 39.0 Å². The molecule has 7 heteroatoms. The average molecular weight is 279 g/mol. The van der Waals surface area contributed by atoms with Gasteiger partial charge in [-0.1, -0.05) is 0 Å². The lowest BCUT2D eigenvalue weighted by Crippen LogP contribution is -2.50. The molecule has 1 rings (SSSR count). The highest BCUT2D eigenvalue weighted by Crippen LogP contribution is 2.28. The van der Waals surface area contributed by atoms with Crippen molar-refractivity contribution in [2.45, 2.75) is 45.3 Å². The van der Waals surface area contributed by atoms with Crippen LogP contribution in [0.4, 0.5) is 4.79 Å². The Bertz CT molecular complexity index is 398. The van der Waals surface area contributed by atoms with Gasteiger partial charge in [0.2, 0.25) is 0 Å². The molecule has 0 saturated heterocycles. The van der Waals surface area contributed by atoms with Crippen molar-refractivity contribution in [2.24, 2.45) is 5.92 Å². The molecule has 0 aromatic carbocycles. The fourth-order valence-corrected chi connectivity index (χ4v) is 2.05. The highest BCUT2D eigenvalue weighted by Gasteiger charge is 2.34. The smallest absolute Gasteiger partial charge is 0.407 e. The van der Waals surface area contributed by atoms with Crippen LogP contribution >= 0.6 is 0 Å². The molecule has 1 aliphatic rings. The first-order valence-electron chi connectivity index (χ1n) is 5.91. The first kappa shape index (κ1) is 15.2. The molecule has 0 radical (unpaired) electrons. The minimum atomic E-state index is -3.42. The lowest BCUT2D eigenvalue weighted by molar-refractivity contribution is 0.0405. The Morgan fingerprint density at radius 2 is 1.94 bits per heavy atom. The molecule has 0 unspecified atom stereocenters. The van der Waals surface area contributed by atoms with Crippen LogP contribution in [0.5, 0.6) is 0 Å². The predicted octanol–water partition coefficient (Wildman–Crippen LogP) is 1.27. The molecule has 1 aliphatic carbocycles. The summed E-state index contributed by atoms with van der Waals surface area (Å²) >= 11 is 0. The number of ether oxygens (including phenoxy) is 1.